The maximum Gasteiger partial charge on any atom is 0.306 e. The monoisotopic (exact) mass is 440 g/mol. The molecule has 0 atom stereocenters. The number of hydrazine groups is 1. The second kappa shape index (κ2) is 6.13. The van der Waals surface area contributed by atoms with Crippen LogP contribution in [0.25, 0.3) is 0 Å². The molecular weight excluding hydrogens is 431 g/mol. The Morgan fingerprint density at radius 3 is 2.52 bits per heavy atom. The van der Waals surface area contributed by atoms with E-state index in [0.29, 0.717) is 20.6 Å². The molecule has 0 spiro atoms. The highest BCUT2D eigenvalue weighted by Gasteiger charge is 2.26. The Balaban J connectivity index is 2.41. The Kier molecular flexibility index (Phi) is 4.65. The van der Waals surface area contributed by atoms with E-state index >= 15 is 0 Å². The van der Waals surface area contributed by atoms with Crippen molar-refractivity contribution in [2.24, 2.45) is 5.84 Å². The van der Waals surface area contributed by atoms with E-state index in [1.54, 1.807) is 24.3 Å². The summed E-state index contributed by atoms with van der Waals surface area (Å²) in [5.41, 5.74) is 2.14. The summed E-state index contributed by atoms with van der Waals surface area (Å²) in [4.78, 5) is 10.1. The number of benzene rings is 1. The molecule has 0 amide bonds. The largest absolute Gasteiger partial charge is 0.310 e. The molecule has 2 aromatic rings. The first-order valence-electron chi connectivity index (χ1n) is 5.37. The van der Waals surface area contributed by atoms with E-state index in [1.165, 1.54) is 0 Å². The normalized spacial score (nSPS) is 11.1. The Labute approximate surface area is 137 Å². The fraction of sp³-hybridized carbons (Fsp3) is 0. The van der Waals surface area contributed by atoms with Crippen molar-refractivity contribution >= 4 is 60.3 Å². The van der Waals surface area contributed by atoms with Gasteiger partial charge in [0.1, 0.15) is 4.21 Å². The van der Waals surface area contributed by atoms with Crippen LogP contribution in [0.5, 0.6) is 0 Å². The molecule has 0 saturated carbocycles. The van der Waals surface area contributed by atoms with Gasteiger partial charge < -0.3 is 5.43 Å². The maximum atomic E-state index is 12.3. The van der Waals surface area contributed by atoms with Crippen molar-refractivity contribution in [2.45, 2.75) is 4.21 Å². The second-order valence-electron chi connectivity index (χ2n) is 3.77. The number of nitrogens with two attached hydrogens (primary N) is 1. The zero-order chi connectivity index (χ0) is 15.6. The second-order valence-corrected chi connectivity index (χ2v) is 7.89. The average Bonchev–Trinajstić information content (AvgIpc) is 2.86. The number of nitrogen functional groups attached to an aromatic ring is 1. The number of nitro groups is 1. The fourth-order valence-electron chi connectivity index (χ4n) is 1.47. The minimum atomic E-state index is -3.92. The third-order valence-electron chi connectivity index (χ3n) is 2.40. The Hall–Kier alpha value is -1.44. The molecule has 0 bridgehead atoms. The highest BCUT2D eigenvalue weighted by molar-refractivity contribution is 14.1. The highest BCUT2D eigenvalue weighted by atomic mass is 127. The average molecular weight is 440 g/mol. The first-order chi connectivity index (χ1) is 9.85. The minimum Gasteiger partial charge on any atom is -0.310 e. The molecule has 2 rings (SSSR count). The van der Waals surface area contributed by atoms with Crippen LogP contribution in [0.3, 0.4) is 0 Å². The van der Waals surface area contributed by atoms with Gasteiger partial charge in [0.15, 0.2) is 5.00 Å². The van der Waals surface area contributed by atoms with Gasteiger partial charge in [-0.2, -0.15) is 0 Å². The van der Waals surface area contributed by atoms with Gasteiger partial charge in [-0.05, 0) is 34.7 Å². The molecule has 8 nitrogen and oxygen atoms in total. The zero-order valence-electron chi connectivity index (χ0n) is 10.2. The number of sulfonamides is 1. The number of halogens is 1. The third kappa shape index (κ3) is 3.42. The van der Waals surface area contributed by atoms with E-state index in [-0.39, 0.29) is 14.9 Å². The molecule has 0 aliphatic rings. The van der Waals surface area contributed by atoms with Crippen LogP contribution in [-0.2, 0) is 10.0 Å². The van der Waals surface area contributed by atoms with Crippen LogP contribution in [0.2, 0.25) is 0 Å². The van der Waals surface area contributed by atoms with E-state index < -0.39 is 14.9 Å². The first-order valence-corrected chi connectivity index (χ1v) is 8.75. The molecule has 21 heavy (non-hydrogen) atoms. The molecule has 112 valence electrons. The molecular formula is C10H9IN4O4S2. The number of thiophene rings is 1. The van der Waals surface area contributed by atoms with Crippen LogP contribution in [0.1, 0.15) is 0 Å². The predicted octanol–water partition coefficient (Wildman–Crippen LogP) is 2.35. The molecule has 1 heterocycles. The lowest BCUT2D eigenvalue weighted by atomic mass is 10.3. The molecule has 0 aliphatic carbocycles. The standard InChI is InChI=1S/C10H9IN4O4S2/c11-6-3-1-2-4-7(6)14-21(18,19)9-5-8(15(16)17)10(13-12)20-9/h1-5,13-14H,12H2. The molecule has 0 aliphatic heterocycles. The number of anilines is 2. The van der Waals surface area contributed by atoms with E-state index in [2.05, 4.69) is 10.1 Å². The van der Waals surface area contributed by atoms with Gasteiger partial charge in [0.05, 0.1) is 10.6 Å². The summed E-state index contributed by atoms with van der Waals surface area (Å²) in [5, 5.41) is 10.8. The van der Waals surface area contributed by atoms with E-state index in [4.69, 9.17) is 5.84 Å². The van der Waals surface area contributed by atoms with Gasteiger partial charge >= 0.3 is 5.69 Å². The van der Waals surface area contributed by atoms with Crippen molar-refractivity contribution in [1.82, 2.24) is 0 Å². The SMILES string of the molecule is NNc1sc(S(=O)(=O)Nc2ccccc2I)cc1[N+](=O)[O-]. The summed E-state index contributed by atoms with van der Waals surface area (Å²) in [6.45, 7) is 0. The van der Waals surface area contributed by atoms with Crippen LogP contribution < -0.4 is 16.0 Å². The number of hydrogen-bond donors (Lipinski definition) is 3. The summed E-state index contributed by atoms with van der Waals surface area (Å²) in [6, 6.07) is 7.76. The molecule has 1 aromatic carbocycles. The van der Waals surface area contributed by atoms with Gasteiger partial charge in [0.25, 0.3) is 10.0 Å². The number of para-hydroxylation sites is 1. The summed E-state index contributed by atoms with van der Waals surface area (Å²) in [6.07, 6.45) is 0. The van der Waals surface area contributed by atoms with Crippen molar-refractivity contribution in [3.63, 3.8) is 0 Å². The Morgan fingerprint density at radius 2 is 2.00 bits per heavy atom. The first kappa shape index (κ1) is 15.9. The molecule has 0 radical (unpaired) electrons. The number of nitrogens with zero attached hydrogens (tertiary/aromatic N) is 1. The Morgan fingerprint density at radius 1 is 1.33 bits per heavy atom. The quantitative estimate of drug-likeness (QED) is 0.284. The zero-order valence-corrected chi connectivity index (χ0v) is 14.0. The van der Waals surface area contributed by atoms with E-state index in [9.17, 15) is 18.5 Å². The lowest BCUT2D eigenvalue weighted by molar-refractivity contribution is -0.383. The van der Waals surface area contributed by atoms with Crippen LogP contribution in [0, 0.1) is 13.7 Å². The molecule has 0 unspecified atom stereocenters. The van der Waals surface area contributed by atoms with Crippen molar-refractivity contribution < 1.29 is 13.3 Å². The van der Waals surface area contributed by atoms with Crippen molar-refractivity contribution in [2.75, 3.05) is 10.1 Å². The van der Waals surface area contributed by atoms with Gasteiger partial charge in [-0.3, -0.25) is 14.8 Å². The number of hydrogen-bond acceptors (Lipinski definition) is 7. The third-order valence-corrected chi connectivity index (χ3v) is 6.24. The Bertz CT molecular complexity index is 790. The molecule has 0 saturated heterocycles. The van der Waals surface area contributed by atoms with Crippen LogP contribution >= 0.6 is 33.9 Å². The van der Waals surface area contributed by atoms with Crippen molar-refractivity contribution in [1.29, 1.82) is 0 Å². The van der Waals surface area contributed by atoms with Gasteiger partial charge in [-0.25, -0.2) is 14.3 Å². The fourth-order valence-corrected chi connectivity index (χ4v) is 4.49. The lowest BCUT2D eigenvalue weighted by Gasteiger charge is -2.07. The van der Waals surface area contributed by atoms with Crippen LogP contribution in [0.4, 0.5) is 16.4 Å². The number of rotatable bonds is 5. The van der Waals surface area contributed by atoms with Gasteiger partial charge in [0.2, 0.25) is 0 Å². The molecule has 0 fully saturated rings. The number of nitrogens with one attached hydrogen (secondary N) is 2. The van der Waals surface area contributed by atoms with Crippen LogP contribution in [0.15, 0.2) is 34.5 Å². The van der Waals surface area contributed by atoms with Crippen molar-refractivity contribution in [3.05, 3.63) is 44.0 Å². The molecule has 1 aromatic heterocycles. The predicted molar refractivity (Wildman–Crippen MR) is 88.8 cm³/mol. The topological polar surface area (TPSA) is 127 Å². The highest BCUT2D eigenvalue weighted by Crippen LogP contribution is 2.37. The summed E-state index contributed by atoms with van der Waals surface area (Å²) in [7, 11) is -3.92. The summed E-state index contributed by atoms with van der Waals surface area (Å²) < 4.78 is 27.4. The van der Waals surface area contributed by atoms with E-state index in [0.717, 1.165) is 6.07 Å². The van der Waals surface area contributed by atoms with E-state index in [1.807, 2.05) is 22.6 Å². The van der Waals surface area contributed by atoms with Gasteiger partial charge in [0, 0.05) is 9.64 Å². The smallest absolute Gasteiger partial charge is 0.306 e. The summed E-state index contributed by atoms with van der Waals surface area (Å²) >= 11 is 2.67. The van der Waals surface area contributed by atoms with Gasteiger partial charge in [-0.1, -0.05) is 23.5 Å². The lowest BCUT2D eigenvalue weighted by Crippen LogP contribution is -2.12. The maximum absolute atomic E-state index is 12.3. The van der Waals surface area contributed by atoms with Crippen molar-refractivity contribution in [3.8, 4) is 0 Å². The molecule has 11 heteroatoms. The van der Waals surface area contributed by atoms with Crippen LogP contribution in [-0.4, -0.2) is 13.3 Å². The van der Waals surface area contributed by atoms with Gasteiger partial charge in [-0.15, -0.1) is 0 Å². The summed E-state index contributed by atoms with van der Waals surface area (Å²) in [5.74, 6) is 5.16. The minimum absolute atomic E-state index is 0.0249. The molecule has 4 N–H and O–H groups in total.